The lowest BCUT2D eigenvalue weighted by Gasteiger charge is -2.11. The average Bonchev–Trinajstić information content (AvgIpc) is 3.29. The van der Waals surface area contributed by atoms with Crippen molar-refractivity contribution < 1.29 is 0 Å². The Bertz CT molecular complexity index is 848. The molecule has 7 heteroatoms. The highest BCUT2D eigenvalue weighted by atomic mass is 15.3. The van der Waals surface area contributed by atoms with Gasteiger partial charge in [0.05, 0.1) is 11.0 Å². The van der Waals surface area contributed by atoms with Crippen LogP contribution in [-0.4, -0.2) is 44.9 Å². The van der Waals surface area contributed by atoms with Crippen molar-refractivity contribution >= 4 is 17.0 Å². The Morgan fingerprint density at radius 1 is 1.11 bits per heavy atom. The lowest BCUT2D eigenvalue weighted by atomic mass is 10.3. The van der Waals surface area contributed by atoms with Gasteiger partial charge >= 0.3 is 0 Å². The number of para-hydroxylation sites is 2. The van der Waals surface area contributed by atoms with Crippen molar-refractivity contribution in [3.8, 4) is 0 Å². The molecule has 0 spiro atoms. The van der Waals surface area contributed by atoms with Crippen molar-refractivity contribution in [3.63, 3.8) is 0 Å². The Balaban J connectivity index is 1.45. The van der Waals surface area contributed by atoms with Crippen molar-refractivity contribution in [1.29, 1.82) is 0 Å². The molecule has 1 aromatic carbocycles. The fourth-order valence-electron chi connectivity index (χ4n) is 3.12. The highest BCUT2D eigenvalue weighted by Crippen LogP contribution is 2.15. The Morgan fingerprint density at radius 2 is 2.00 bits per heavy atom. The number of aromatic nitrogens is 4. The average molecular weight is 368 g/mol. The van der Waals surface area contributed by atoms with E-state index < -0.39 is 0 Å². The molecule has 0 fully saturated rings. The monoisotopic (exact) mass is 367 g/mol. The normalized spacial score (nSPS) is 11.9. The Morgan fingerprint density at radius 3 is 2.81 bits per heavy atom. The highest BCUT2D eigenvalue weighted by molar-refractivity contribution is 5.79. The fourth-order valence-corrected chi connectivity index (χ4v) is 3.12. The third-order valence-corrected chi connectivity index (χ3v) is 4.42. The minimum atomic E-state index is 0.778. The molecule has 27 heavy (non-hydrogen) atoms. The van der Waals surface area contributed by atoms with Gasteiger partial charge < -0.3 is 15.2 Å². The molecule has 0 saturated carbocycles. The number of imidazole rings is 1. The van der Waals surface area contributed by atoms with Crippen molar-refractivity contribution in [3.05, 3.63) is 48.5 Å². The second-order valence-electron chi connectivity index (χ2n) is 6.46. The van der Waals surface area contributed by atoms with E-state index in [2.05, 4.69) is 57.3 Å². The van der Waals surface area contributed by atoms with Gasteiger partial charge in [0, 0.05) is 45.1 Å². The van der Waals surface area contributed by atoms with E-state index in [0.29, 0.717) is 0 Å². The van der Waals surface area contributed by atoms with Crippen LogP contribution in [-0.2, 0) is 13.1 Å². The number of rotatable bonds is 9. The molecule has 3 rings (SSSR count). The Labute approximate surface area is 160 Å². The predicted octanol–water partition coefficient (Wildman–Crippen LogP) is 2.58. The van der Waals surface area contributed by atoms with Crippen molar-refractivity contribution in [2.75, 3.05) is 19.6 Å². The minimum Gasteiger partial charge on any atom is -0.357 e. The lowest BCUT2D eigenvalue weighted by molar-refractivity contribution is 0.569. The molecule has 3 aromatic rings. The molecule has 0 radical (unpaired) electrons. The van der Waals surface area contributed by atoms with Gasteiger partial charge in [0.1, 0.15) is 5.82 Å². The molecule has 144 valence electrons. The summed E-state index contributed by atoms with van der Waals surface area (Å²) in [5, 5.41) is 10.9. The van der Waals surface area contributed by atoms with E-state index in [0.717, 1.165) is 62.9 Å². The summed E-state index contributed by atoms with van der Waals surface area (Å²) in [4.78, 5) is 9.32. The molecule has 0 unspecified atom stereocenters. The van der Waals surface area contributed by atoms with E-state index in [1.54, 1.807) is 0 Å². The van der Waals surface area contributed by atoms with Crippen molar-refractivity contribution in [2.24, 2.45) is 4.99 Å². The number of nitrogens with one attached hydrogen (secondary N) is 2. The molecule has 0 bridgehead atoms. The van der Waals surface area contributed by atoms with Crippen LogP contribution in [0.5, 0.6) is 0 Å². The summed E-state index contributed by atoms with van der Waals surface area (Å²) < 4.78 is 4.22. The number of aliphatic imine (C=N–C) groups is 1. The largest absolute Gasteiger partial charge is 0.357 e. The molecule has 2 N–H and O–H groups in total. The first-order chi connectivity index (χ1) is 13.3. The molecule has 0 saturated heterocycles. The van der Waals surface area contributed by atoms with Crippen LogP contribution in [0.25, 0.3) is 11.0 Å². The maximum absolute atomic E-state index is 4.70. The van der Waals surface area contributed by atoms with Crippen LogP contribution in [0.4, 0.5) is 0 Å². The lowest BCUT2D eigenvalue weighted by Crippen LogP contribution is -2.38. The number of nitrogens with zero attached hydrogens (tertiary/aromatic N) is 5. The minimum absolute atomic E-state index is 0.778. The topological polar surface area (TPSA) is 72.1 Å². The van der Waals surface area contributed by atoms with E-state index in [9.17, 15) is 0 Å². The molecule has 0 amide bonds. The molecule has 2 aromatic heterocycles. The first-order valence-electron chi connectivity index (χ1n) is 9.69. The molecular weight excluding hydrogens is 338 g/mol. The smallest absolute Gasteiger partial charge is 0.191 e. The first kappa shape index (κ1) is 18.9. The maximum Gasteiger partial charge on any atom is 0.191 e. The third-order valence-electron chi connectivity index (χ3n) is 4.42. The van der Waals surface area contributed by atoms with E-state index >= 15 is 0 Å². The summed E-state index contributed by atoms with van der Waals surface area (Å²) in [6.07, 6.45) is 5.78. The molecule has 0 aliphatic rings. The maximum atomic E-state index is 4.70. The van der Waals surface area contributed by atoms with Gasteiger partial charge in [-0.05, 0) is 44.9 Å². The summed E-state index contributed by atoms with van der Waals surface area (Å²) in [5.74, 6) is 1.94. The van der Waals surface area contributed by atoms with E-state index in [-0.39, 0.29) is 0 Å². The van der Waals surface area contributed by atoms with E-state index in [1.165, 1.54) is 5.52 Å². The Kier molecular flexibility index (Phi) is 6.84. The number of benzene rings is 1. The number of hydrogen-bond donors (Lipinski definition) is 2. The fraction of sp³-hybridized carbons (Fsp3) is 0.450. The molecule has 0 atom stereocenters. The van der Waals surface area contributed by atoms with Crippen LogP contribution in [0, 0.1) is 6.92 Å². The number of hydrogen-bond acceptors (Lipinski definition) is 3. The predicted molar refractivity (Wildman–Crippen MR) is 110 cm³/mol. The SMILES string of the molecule is CCNC(=NCCCn1c(C)nc2ccccc21)NCCCn1cccn1. The standard InChI is InChI=1S/C20H29N7/c1-3-21-20(22-11-6-14-26-15-8-13-24-26)23-12-7-16-27-17(2)25-18-9-4-5-10-19(18)27/h4-5,8-10,13,15H,3,6-7,11-12,14,16H2,1-2H3,(H2,21,22,23). The highest BCUT2D eigenvalue weighted by Gasteiger charge is 2.05. The van der Waals surface area contributed by atoms with Crippen LogP contribution in [0.2, 0.25) is 0 Å². The number of aryl methyl sites for hydroxylation is 3. The van der Waals surface area contributed by atoms with Crippen molar-refractivity contribution in [2.45, 2.75) is 39.8 Å². The first-order valence-corrected chi connectivity index (χ1v) is 9.69. The van der Waals surface area contributed by atoms with Gasteiger partial charge in [-0.2, -0.15) is 5.10 Å². The second kappa shape index (κ2) is 9.75. The van der Waals surface area contributed by atoms with Crippen LogP contribution >= 0.6 is 0 Å². The van der Waals surface area contributed by atoms with Gasteiger partial charge in [-0.3, -0.25) is 9.67 Å². The zero-order chi connectivity index (χ0) is 18.9. The van der Waals surface area contributed by atoms with Crippen LogP contribution in [0.1, 0.15) is 25.6 Å². The van der Waals surface area contributed by atoms with Crippen LogP contribution in [0.3, 0.4) is 0 Å². The Hall–Kier alpha value is -2.83. The third kappa shape index (κ3) is 5.32. The van der Waals surface area contributed by atoms with Crippen LogP contribution < -0.4 is 10.6 Å². The number of guanidine groups is 1. The van der Waals surface area contributed by atoms with Gasteiger partial charge in [-0.25, -0.2) is 4.98 Å². The second-order valence-corrected chi connectivity index (χ2v) is 6.46. The molecule has 0 aliphatic heterocycles. The molecule has 2 heterocycles. The van der Waals surface area contributed by atoms with Gasteiger partial charge in [0.15, 0.2) is 5.96 Å². The van der Waals surface area contributed by atoms with Gasteiger partial charge in [0.2, 0.25) is 0 Å². The zero-order valence-corrected chi connectivity index (χ0v) is 16.2. The van der Waals surface area contributed by atoms with Crippen molar-refractivity contribution in [1.82, 2.24) is 30.0 Å². The quantitative estimate of drug-likeness (QED) is 0.346. The molecular formula is C20H29N7. The molecule has 0 aliphatic carbocycles. The number of fused-ring (bicyclic) bond motifs is 1. The van der Waals surface area contributed by atoms with E-state index in [1.807, 2.05) is 29.2 Å². The summed E-state index contributed by atoms with van der Waals surface area (Å²) in [5.41, 5.74) is 2.26. The summed E-state index contributed by atoms with van der Waals surface area (Å²) in [7, 11) is 0. The summed E-state index contributed by atoms with van der Waals surface area (Å²) >= 11 is 0. The summed E-state index contributed by atoms with van der Waals surface area (Å²) in [6, 6.07) is 10.2. The van der Waals surface area contributed by atoms with Gasteiger partial charge in [-0.15, -0.1) is 0 Å². The van der Waals surface area contributed by atoms with Gasteiger partial charge in [0.25, 0.3) is 0 Å². The van der Waals surface area contributed by atoms with E-state index in [4.69, 9.17) is 4.99 Å². The van der Waals surface area contributed by atoms with Crippen LogP contribution in [0.15, 0.2) is 47.7 Å². The van der Waals surface area contributed by atoms with Gasteiger partial charge in [-0.1, -0.05) is 12.1 Å². The molecule has 7 nitrogen and oxygen atoms in total. The zero-order valence-electron chi connectivity index (χ0n) is 16.2. The summed E-state index contributed by atoms with van der Waals surface area (Å²) in [6.45, 7) is 8.49.